The van der Waals surface area contributed by atoms with Crippen molar-refractivity contribution in [1.29, 1.82) is 0 Å². The van der Waals surface area contributed by atoms with Gasteiger partial charge in [-0.25, -0.2) is 0 Å². The third-order valence-corrected chi connectivity index (χ3v) is 4.03. The Morgan fingerprint density at radius 2 is 2.07 bits per heavy atom. The van der Waals surface area contributed by atoms with Crippen LogP contribution in [0.4, 0.5) is 0 Å². The Morgan fingerprint density at radius 1 is 1.33 bits per heavy atom. The van der Waals surface area contributed by atoms with Gasteiger partial charge in [0.1, 0.15) is 0 Å². The van der Waals surface area contributed by atoms with E-state index in [1.54, 1.807) is 0 Å². The second kappa shape index (κ2) is 6.49. The van der Waals surface area contributed by atoms with E-state index >= 15 is 0 Å². The van der Waals surface area contributed by atoms with Crippen LogP contribution in [0.5, 0.6) is 0 Å². The van der Waals surface area contributed by atoms with Crippen molar-refractivity contribution in [3.8, 4) is 0 Å². The second-order valence-corrected chi connectivity index (χ2v) is 5.12. The third kappa shape index (κ3) is 3.76. The van der Waals surface area contributed by atoms with Crippen molar-refractivity contribution in [2.75, 3.05) is 20.1 Å². The lowest BCUT2D eigenvalue weighted by Gasteiger charge is -2.33. The number of likely N-dealkylation sites (N-methyl/N-ethyl adjacent to an activating group) is 1. The van der Waals surface area contributed by atoms with E-state index in [4.69, 9.17) is 0 Å². The Hall–Kier alpha value is -0.0800. The van der Waals surface area contributed by atoms with E-state index in [0.717, 1.165) is 18.0 Å². The van der Waals surface area contributed by atoms with Gasteiger partial charge in [0, 0.05) is 18.6 Å². The molecule has 0 aromatic heterocycles. The van der Waals surface area contributed by atoms with Gasteiger partial charge in [-0.1, -0.05) is 27.2 Å². The number of nitrogens with one attached hydrogen (secondary N) is 1. The van der Waals surface area contributed by atoms with Crippen LogP contribution in [0.25, 0.3) is 0 Å². The second-order valence-electron chi connectivity index (χ2n) is 5.12. The quantitative estimate of drug-likeness (QED) is 0.728. The van der Waals surface area contributed by atoms with Gasteiger partial charge in [0.25, 0.3) is 0 Å². The van der Waals surface area contributed by atoms with Crippen LogP contribution in [0.3, 0.4) is 0 Å². The molecule has 3 unspecified atom stereocenters. The van der Waals surface area contributed by atoms with Gasteiger partial charge in [0.15, 0.2) is 0 Å². The lowest BCUT2D eigenvalue weighted by molar-refractivity contribution is 0.154. The third-order valence-electron chi connectivity index (χ3n) is 4.03. The van der Waals surface area contributed by atoms with Crippen molar-refractivity contribution in [1.82, 2.24) is 10.2 Å². The molecular formula is C13H28N2. The van der Waals surface area contributed by atoms with Crippen molar-refractivity contribution in [2.24, 2.45) is 5.92 Å². The Labute approximate surface area is 95.4 Å². The topological polar surface area (TPSA) is 15.3 Å². The maximum atomic E-state index is 3.46. The van der Waals surface area contributed by atoms with Crippen molar-refractivity contribution < 1.29 is 0 Å². The van der Waals surface area contributed by atoms with Gasteiger partial charge in [-0.3, -0.25) is 4.90 Å². The predicted molar refractivity (Wildman–Crippen MR) is 67.2 cm³/mol. The number of hydrogen-bond donors (Lipinski definition) is 1. The van der Waals surface area contributed by atoms with Crippen LogP contribution in [0.15, 0.2) is 0 Å². The smallest absolute Gasteiger partial charge is 0.0232 e. The van der Waals surface area contributed by atoms with Gasteiger partial charge in [-0.15, -0.1) is 0 Å². The molecule has 0 aliphatic carbocycles. The molecule has 15 heavy (non-hydrogen) atoms. The minimum atomic E-state index is 0.777. The summed E-state index contributed by atoms with van der Waals surface area (Å²) in [6.45, 7) is 9.39. The highest BCUT2D eigenvalue weighted by Gasteiger charge is 2.25. The van der Waals surface area contributed by atoms with Crippen LogP contribution >= 0.6 is 0 Å². The zero-order valence-electron chi connectivity index (χ0n) is 10.9. The first kappa shape index (κ1) is 13.0. The molecule has 1 aliphatic rings. The Balaban J connectivity index is 2.41. The molecule has 1 aliphatic heterocycles. The molecule has 0 aromatic carbocycles. The lowest BCUT2D eigenvalue weighted by atomic mass is 9.96. The molecular weight excluding hydrogens is 184 g/mol. The summed E-state index contributed by atoms with van der Waals surface area (Å²) in [7, 11) is 2.31. The van der Waals surface area contributed by atoms with Gasteiger partial charge < -0.3 is 5.32 Å². The van der Waals surface area contributed by atoms with Crippen LogP contribution in [0.1, 0.15) is 46.5 Å². The van der Waals surface area contributed by atoms with Gasteiger partial charge in [0.05, 0.1) is 0 Å². The molecule has 1 rings (SSSR count). The molecule has 1 saturated heterocycles. The van der Waals surface area contributed by atoms with Crippen LogP contribution < -0.4 is 5.32 Å². The maximum Gasteiger partial charge on any atom is 0.0232 e. The molecule has 0 saturated carbocycles. The van der Waals surface area contributed by atoms with Gasteiger partial charge in [0.2, 0.25) is 0 Å². The van der Waals surface area contributed by atoms with Crippen LogP contribution in [-0.2, 0) is 0 Å². The highest BCUT2D eigenvalue weighted by atomic mass is 15.2. The summed E-state index contributed by atoms with van der Waals surface area (Å²) in [6.07, 6.45) is 5.29. The SMILES string of the molecule is CCC(C)CC(CC)N(C)C1CCNC1. The number of rotatable bonds is 6. The standard InChI is InChI=1S/C13H28N2/c1-5-11(3)9-12(6-2)15(4)13-7-8-14-10-13/h11-14H,5-10H2,1-4H3. The Morgan fingerprint density at radius 3 is 2.53 bits per heavy atom. The van der Waals surface area contributed by atoms with Crippen molar-refractivity contribution >= 4 is 0 Å². The summed E-state index contributed by atoms with van der Waals surface area (Å²) in [5, 5.41) is 3.46. The largest absolute Gasteiger partial charge is 0.315 e. The summed E-state index contributed by atoms with van der Waals surface area (Å²) in [5.41, 5.74) is 0. The van der Waals surface area contributed by atoms with Gasteiger partial charge in [-0.2, -0.15) is 0 Å². The minimum Gasteiger partial charge on any atom is -0.315 e. The molecule has 90 valence electrons. The highest BCUT2D eigenvalue weighted by Crippen LogP contribution is 2.20. The van der Waals surface area contributed by atoms with E-state index in [2.05, 4.69) is 38.0 Å². The summed E-state index contributed by atoms with van der Waals surface area (Å²) in [5.74, 6) is 0.867. The highest BCUT2D eigenvalue weighted by molar-refractivity contribution is 4.83. The summed E-state index contributed by atoms with van der Waals surface area (Å²) in [4.78, 5) is 2.62. The molecule has 0 amide bonds. The van der Waals surface area contributed by atoms with Crippen molar-refractivity contribution in [3.05, 3.63) is 0 Å². The molecule has 0 bridgehead atoms. The maximum absolute atomic E-state index is 3.46. The predicted octanol–water partition coefficient (Wildman–Crippen LogP) is 2.49. The molecule has 0 radical (unpaired) electrons. The average Bonchev–Trinajstić information content (AvgIpc) is 2.77. The van der Waals surface area contributed by atoms with E-state index in [1.165, 1.54) is 38.8 Å². The van der Waals surface area contributed by atoms with E-state index in [-0.39, 0.29) is 0 Å². The monoisotopic (exact) mass is 212 g/mol. The zero-order valence-corrected chi connectivity index (χ0v) is 10.9. The first-order valence-corrected chi connectivity index (χ1v) is 6.61. The molecule has 3 atom stereocenters. The number of hydrogen-bond acceptors (Lipinski definition) is 2. The fraction of sp³-hybridized carbons (Fsp3) is 1.00. The van der Waals surface area contributed by atoms with E-state index in [9.17, 15) is 0 Å². The van der Waals surface area contributed by atoms with E-state index in [1.807, 2.05) is 0 Å². The summed E-state index contributed by atoms with van der Waals surface area (Å²) in [6, 6.07) is 1.56. The van der Waals surface area contributed by atoms with E-state index in [0.29, 0.717) is 0 Å². The zero-order chi connectivity index (χ0) is 11.3. The van der Waals surface area contributed by atoms with Crippen LogP contribution in [-0.4, -0.2) is 37.1 Å². The molecule has 0 spiro atoms. The van der Waals surface area contributed by atoms with Crippen LogP contribution in [0.2, 0.25) is 0 Å². The van der Waals surface area contributed by atoms with Gasteiger partial charge in [-0.05, 0) is 38.8 Å². The molecule has 1 heterocycles. The first-order chi connectivity index (χ1) is 7.19. The van der Waals surface area contributed by atoms with Crippen LogP contribution in [0, 0.1) is 5.92 Å². The molecule has 1 fully saturated rings. The molecule has 1 N–H and O–H groups in total. The fourth-order valence-electron chi connectivity index (χ4n) is 2.54. The average molecular weight is 212 g/mol. The van der Waals surface area contributed by atoms with Crippen molar-refractivity contribution in [2.45, 2.75) is 58.5 Å². The summed E-state index contributed by atoms with van der Waals surface area (Å²) >= 11 is 0. The fourth-order valence-corrected chi connectivity index (χ4v) is 2.54. The Kier molecular flexibility index (Phi) is 5.62. The Bertz CT molecular complexity index is 164. The molecule has 2 nitrogen and oxygen atoms in total. The number of nitrogens with zero attached hydrogens (tertiary/aromatic N) is 1. The first-order valence-electron chi connectivity index (χ1n) is 6.61. The normalized spacial score (nSPS) is 25.8. The summed E-state index contributed by atoms with van der Waals surface area (Å²) < 4.78 is 0. The lowest BCUT2D eigenvalue weighted by Crippen LogP contribution is -2.41. The molecule has 0 aromatic rings. The molecule has 2 heteroatoms. The van der Waals surface area contributed by atoms with Crippen molar-refractivity contribution in [3.63, 3.8) is 0 Å². The van der Waals surface area contributed by atoms with E-state index < -0.39 is 0 Å². The minimum absolute atomic E-state index is 0.777. The van der Waals surface area contributed by atoms with Gasteiger partial charge >= 0.3 is 0 Å².